The summed E-state index contributed by atoms with van der Waals surface area (Å²) in [7, 11) is 0. The second-order valence-electron chi connectivity index (χ2n) is 2.82. The second kappa shape index (κ2) is 4.68. The monoisotopic (exact) mass is 304 g/mol. The van der Waals surface area contributed by atoms with Crippen LogP contribution in [0.4, 0.5) is 0 Å². The van der Waals surface area contributed by atoms with E-state index in [9.17, 15) is 10.2 Å². The zero-order chi connectivity index (χ0) is 10.6. The summed E-state index contributed by atoms with van der Waals surface area (Å²) in [5, 5.41) is 26.7. The maximum absolute atomic E-state index is 9.22. The fraction of sp³-hybridized carbons (Fsp3) is 0.333. The summed E-state index contributed by atoms with van der Waals surface area (Å²) in [6.07, 6.45) is 6.80. The molecule has 1 rings (SSSR count). The van der Waals surface area contributed by atoms with Crippen molar-refractivity contribution in [3.63, 3.8) is 0 Å². The van der Waals surface area contributed by atoms with Crippen LogP contribution in [-0.2, 0) is 0 Å². The Morgan fingerprint density at radius 2 is 2.43 bits per heavy atom. The highest BCUT2D eigenvalue weighted by Crippen LogP contribution is 2.25. The van der Waals surface area contributed by atoms with Gasteiger partial charge in [-0.3, -0.25) is 4.99 Å². The minimum atomic E-state index is -1.85. The molecule has 74 valence electrons. The van der Waals surface area contributed by atoms with E-state index in [0.717, 1.165) is 0 Å². The number of rotatable bonds is 3. The van der Waals surface area contributed by atoms with Gasteiger partial charge in [0, 0.05) is 17.9 Å². The molecule has 0 fully saturated rings. The number of nitriles is 1. The minimum Gasteiger partial charge on any atom is -0.354 e. The molecule has 1 heterocycles. The van der Waals surface area contributed by atoms with Crippen molar-refractivity contribution >= 4 is 28.8 Å². The van der Waals surface area contributed by atoms with E-state index in [1.165, 1.54) is 34.9 Å². The molecule has 0 amide bonds. The van der Waals surface area contributed by atoms with Crippen molar-refractivity contribution in [3.05, 3.63) is 23.8 Å². The number of aliphatic imine (C=N–C) groups is 1. The van der Waals surface area contributed by atoms with Gasteiger partial charge < -0.3 is 10.2 Å². The third kappa shape index (κ3) is 3.21. The number of aliphatic hydroxyl groups is 2. The van der Waals surface area contributed by atoms with Crippen molar-refractivity contribution in [1.82, 2.24) is 0 Å². The van der Waals surface area contributed by atoms with Crippen molar-refractivity contribution in [2.24, 2.45) is 4.99 Å². The van der Waals surface area contributed by atoms with Gasteiger partial charge in [-0.25, -0.2) is 0 Å². The third-order valence-electron chi connectivity index (χ3n) is 1.71. The van der Waals surface area contributed by atoms with Crippen LogP contribution >= 0.6 is 22.6 Å². The van der Waals surface area contributed by atoms with Gasteiger partial charge in [-0.2, -0.15) is 5.26 Å². The Bertz CT molecular complexity index is 334. The summed E-state index contributed by atoms with van der Waals surface area (Å²) < 4.78 is -1.85. The van der Waals surface area contributed by atoms with Gasteiger partial charge in [0.1, 0.15) is 0 Å². The van der Waals surface area contributed by atoms with E-state index in [2.05, 4.69) is 4.99 Å². The number of halogens is 1. The molecule has 0 saturated heterocycles. The molecule has 0 saturated carbocycles. The summed E-state index contributed by atoms with van der Waals surface area (Å²) in [5.41, 5.74) is 0.383. The van der Waals surface area contributed by atoms with Crippen LogP contribution in [0.1, 0.15) is 6.42 Å². The molecule has 5 heteroatoms. The minimum absolute atomic E-state index is 0.0944. The van der Waals surface area contributed by atoms with Crippen molar-refractivity contribution < 1.29 is 10.2 Å². The molecule has 0 unspecified atom stereocenters. The first kappa shape index (κ1) is 11.4. The summed E-state index contributed by atoms with van der Waals surface area (Å²) in [6, 6.07) is 1.79. The maximum atomic E-state index is 9.22. The fourth-order valence-electron chi connectivity index (χ4n) is 1.05. The predicted molar refractivity (Wildman–Crippen MR) is 60.9 cm³/mol. The first-order valence-corrected chi connectivity index (χ1v) is 5.05. The summed E-state index contributed by atoms with van der Waals surface area (Å²) >= 11 is 1.51. The maximum Gasteiger partial charge on any atom is 0.245 e. The topological polar surface area (TPSA) is 76.6 Å². The molecule has 0 radical (unpaired) electrons. The Labute approximate surface area is 95.4 Å². The van der Waals surface area contributed by atoms with Gasteiger partial charge >= 0.3 is 0 Å². The average molecular weight is 304 g/mol. The summed E-state index contributed by atoms with van der Waals surface area (Å²) in [6.45, 7) is 0. The zero-order valence-corrected chi connectivity index (χ0v) is 9.42. The first-order chi connectivity index (χ1) is 6.54. The first-order valence-electron chi connectivity index (χ1n) is 3.98. The van der Waals surface area contributed by atoms with Crippen molar-refractivity contribution in [2.45, 2.75) is 16.3 Å². The van der Waals surface area contributed by atoms with Crippen LogP contribution in [0.3, 0.4) is 0 Å². The van der Waals surface area contributed by atoms with E-state index < -0.39 is 3.79 Å². The highest BCUT2D eigenvalue weighted by molar-refractivity contribution is 14.1. The summed E-state index contributed by atoms with van der Waals surface area (Å²) in [4.78, 5) is 4.05. The molecule has 0 aliphatic carbocycles. The molecule has 1 aliphatic rings. The van der Waals surface area contributed by atoms with Gasteiger partial charge in [0.25, 0.3) is 0 Å². The smallest absolute Gasteiger partial charge is 0.245 e. The predicted octanol–water partition coefficient (Wildman–Crippen LogP) is 0.909. The van der Waals surface area contributed by atoms with Crippen LogP contribution < -0.4 is 0 Å². The van der Waals surface area contributed by atoms with E-state index >= 15 is 0 Å². The van der Waals surface area contributed by atoms with Gasteiger partial charge in [0.2, 0.25) is 3.79 Å². The number of hydrogen-bond donors (Lipinski definition) is 2. The van der Waals surface area contributed by atoms with Crippen LogP contribution in [0.15, 0.2) is 28.8 Å². The largest absolute Gasteiger partial charge is 0.354 e. The molecule has 0 aromatic rings. The average Bonchev–Trinajstić information content (AvgIpc) is 2.52. The molecule has 14 heavy (non-hydrogen) atoms. The number of hydrogen-bond acceptors (Lipinski definition) is 4. The van der Waals surface area contributed by atoms with E-state index in [0.29, 0.717) is 12.0 Å². The molecule has 2 N–H and O–H groups in total. The quantitative estimate of drug-likeness (QED) is 0.352. The Hall–Kier alpha value is -0.710. The normalized spacial score (nSPS) is 21.3. The highest BCUT2D eigenvalue weighted by atomic mass is 127. The van der Waals surface area contributed by atoms with Gasteiger partial charge in [0.15, 0.2) is 0 Å². The van der Waals surface area contributed by atoms with Crippen LogP contribution in [0.5, 0.6) is 0 Å². The van der Waals surface area contributed by atoms with Crippen LogP contribution in [-0.4, -0.2) is 26.3 Å². The Kier molecular flexibility index (Phi) is 3.80. The van der Waals surface area contributed by atoms with Crippen LogP contribution in [0, 0.1) is 11.3 Å². The standard InChI is InChI=1S/C9H9IN2O2/c10-9(13,14)7-5-8(12-6-7)3-1-2-4-11/h1-2,5-6,8,13-14H,3H2/b2-1+/t8-/m1/s1. The van der Waals surface area contributed by atoms with Crippen molar-refractivity contribution in [1.29, 1.82) is 5.26 Å². The second-order valence-corrected chi connectivity index (χ2v) is 4.33. The van der Waals surface area contributed by atoms with Gasteiger partial charge in [-0.05, 0) is 35.1 Å². The zero-order valence-electron chi connectivity index (χ0n) is 7.26. The van der Waals surface area contributed by atoms with Crippen molar-refractivity contribution in [3.8, 4) is 6.07 Å². The molecule has 0 bridgehead atoms. The van der Waals surface area contributed by atoms with E-state index in [1.54, 1.807) is 12.2 Å². The van der Waals surface area contributed by atoms with Gasteiger partial charge in [0.05, 0.1) is 12.1 Å². The highest BCUT2D eigenvalue weighted by Gasteiger charge is 2.26. The fourth-order valence-corrected chi connectivity index (χ4v) is 1.37. The number of alkyl halides is 1. The molecule has 4 nitrogen and oxygen atoms in total. The van der Waals surface area contributed by atoms with Gasteiger partial charge in [-0.15, -0.1) is 0 Å². The van der Waals surface area contributed by atoms with Crippen molar-refractivity contribution in [2.75, 3.05) is 0 Å². The molecule has 0 aromatic heterocycles. The van der Waals surface area contributed by atoms with E-state index in [-0.39, 0.29) is 6.04 Å². The van der Waals surface area contributed by atoms with Gasteiger partial charge in [-0.1, -0.05) is 6.08 Å². The van der Waals surface area contributed by atoms with E-state index in [4.69, 9.17) is 5.26 Å². The molecular formula is C9H9IN2O2. The lowest BCUT2D eigenvalue weighted by Crippen LogP contribution is -2.21. The molecule has 1 atom stereocenters. The molecular weight excluding hydrogens is 295 g/mol. The molecule has 0 spiro atoms. The number of nitrogens with zero attached hydrogens (tertiary/aromatic N) is 2. The lowest BCUT2D eigenvalue weighted by atomic mass is 10.1. The van der Waals surface area contributed by atoms with Crippen LogP contribution in [0.2, 0.25) is 0 Å². The van der Waals surface area contributed by atoms with Crippen LogP contribution in [0.25, 0.3) is 0 Å². The Morgan fingerprint density at radius 1 is 1.71 bits per heavy atom. The third-order valence-corrected chi connectivity index (χ3v) is 2.34. The molecule has 1 aliphatic heterocycles. The lowest BCUT2D eigenvalue weighted by molar-refractivity contribution is -0.0203. The van der Waals surface area contributed by atoms with E-state index in [1.807, 2.05) is 6.07 Å². The summed E-state index contributed by atoms with van der Waals surface area (Å²) in [5.74, 6) is 0. The SMILES string of the molecule is N#C/C=C/C[C@@H]1C=C(C(O)(O)I)C=N1. The lowest BCUT2D eigenvalue weighted by Gasteiger charge is -2.11. The molecule has 0 aromatic carbocycles. The Balaban J connectivity index is 2.57. The number of allylic oxidation sites excluding steroid dienone is 1. The Morgan fingerprint density at radius 3 is 2.93 bits per heavy atom.